The summed E-state index contributed by atoms with van der Waals surface area (Å²) in [5.74, 6) is -0.254. The lowest BCUT2D eigenvalue weighted by Gasteiger charge is -2.32. The standard InChI is InChI=1S/C22H19F2N3O/c23-18-8-6-15(7-9-18)22(28)27-12-2-4-17(14-27)20-10-11-25-21(26-20)16-3-1-5-19(24)13-16/h1,3,5-11,13,17H,2,4,12,14H2/t17-/m0/s1. The summed E-state index contributed by atoms with van der Waals surface area (Å²) in [6.45, 7) is 1.20. The minimum Gasteiger partial charge on any atom is -0.338 e. The highest BCUT2D eigenvalue weighted by Crippen LogP contribution is 2.28. The number of carbonyl (C=O) groups is 1. The van der Waals surface area contributed by atoms with Crippen LogP contribution in [-0.2, 0) is 0 Å². The number of halogens is 2. The lowest BCUT2D eigenvalue weighted by atomic mass is 9.94. The van der Waals surface area contributed by atoms with Crippen LogP contribution in [0.25, 0.3) is 11.4 Å². The third-order valence-corrected chi connectivity index (χ3v) is 4.98. The van der Waals surface area contributed by atoms with Gasteiger partial charge in [0.15, 0.2) is 5.82 Å². The largest absolute Gasteiger partial charge is 0.338 e. The Labute approximate surface area is 161 Å². The molecule has 142 valence electrons. The Morgan fingerprint density at radius 2 is 1.86 bits per heavy atom. The molecule has 1 aromatic heterocycles. The summed E-state index contributed by atoms with van der Waals surface area (Å²) in [6.07, 6.45) is 3.44. The molecular weight excluding hydrogens is 360 g/mol. The third-order valence-electron chi connectivity index (χ3n) is 4.98. The molecule has 1 amide bonds. The molecule has 1 saturated heterocycles. The lowest BCUT2D eigenvalue weighted by molar-refractivity contribution is 0.0706. The van der Waals surface area contributed by atoms with Crippen LogP contribution in [0.15, 0.2) is 60.8 Å². The maximum atomic E-state index is 13.5. The highest BCUT2D eigenvalue weighted by Gasteiger charge is 2.26. The monoisotopic (exact) mass is 379 g/mol. The smallest absolute Gasteiger partial charge is 0.253 e. The molecule has 2 heterocycles. The van der Waals surface area contributed by atoms with E-state index in [0.29, 0.717) is 30.0 Å². The van der Waals surface area contributed by atoms with E-state index in [2.05, 4.69) is 9.97 Å². The summed E-state index contributed by atoms with van der Waals surface area (Å²) in [7, 11) is 0. The number of amides is 1. The molecule has 0 spiro atoms. The molecule has 4 nitrogen and oxygen atoms in total. The Hall–Kier alpha value is -3.15. The van der Waals surface area contributed by atoms with E-state index in [4.69, 9.17) is 0 Å². The highest BCUT2D eigenvalue weighted by molar-refractivity contribution is 5.94. The Morgan fingerprint density at radius 1 is 1.04 bits per heavy atom. The SMILES string of the molecule is O=C(c1ccc(F)cc1)N1CCC[C@H](c2ccnc(-c3cccc(F)c3)n2)C1. The van der Waals surface area contributed by atoms with E-state index < -0.39 is 0 Å². The summed E-state index contributed by atoms with van der Waals surface area (Å²) in [6, 6.07) is 13.6. The second kappa shape index (κ2) is 7.84. The lowest BCUT2D eigenvalue weighted by Crippen LogP contribution is -2.39. The maximum Gasteiger partial charge on any atom is 0.253 e. The van der Waals surface area contributed by atoms with Crippen LogP contribution in [0.3, 0.4) is 0 Å². The van der Waals surface area contributed by atoms with Crippen molar-refractivity contribution in [3.8, 4) is 11.4 Å². The molecule has 4 rings (SSSR count). The van der Waals surface area contributed by atoms with E-state index in [1.165, 1.54) is 36.4 Å². The van der Waals surface area contributed by atoms with Gasteiger partial charge in [0.05, 0.1) is 0 Å². The number of hydrogen-bond acceptors (Lipinski definition) is 3. The molecule has 0 unspecified atom stereocenters. The number of rotatable bonds is 3. The summed E-state index contributed by atoms with van der Waals surface area (Å²) in [4.78, 5) is 23.4. The average molecular weight is 379 g/mol. The van der Waals surface area contributed by atoms with Crippen molar-refractivity contribution in [2.75, 3.05) is 13.1 Å². The van der Waals surface area contributed by atoms with Gasteiger partial charge in [0, 0.05) is 42.0 Å². The van der Waals surface area contributed by atoms with Crippen molar-refractivity contribution in [3.63, 3.8) is 0 Å². The van der Waals surface area contributed by atoms with Gasteiger partial charge in [-0.25, -0.2) is 18.7 Å². The van der Waals surface area contributed by atoms with E-state index in [-0.39, 0.29) is 23.5 Å². The molecule has 1 aliphatic heterocycles. The quantitative estimate of drug-likeness (QED) is 0.676. The van der Waals surface area contributed by atoms with Crippen molar-refractivity contribution < 1.29 is 13.6 Å². The van der Waals surface area contributed by atoms with Gasteiger partial charge in [-0.3, -0.25) is 4.79 Å². The van der Waals surface area contributed by atoms with Gasteiger partial charge in [-0.05, 0) is 55.3 Å². The molecular formula is C22H19F2N3O. The van der Waals surface area contributed by atoms with Gasteiger partial charge in [0.1, 0.15) is 11.6 Å². The average Bonchev–Trinajstić information content (AvgIpc) is 2.74. The molecule has 0 radical (unpaired) electrons. The minimum atomic E-state index is -0.362. The van der Waals surface area contributed by atoms with Gasteiger partial charge in [-0.2, -0.15) is 0 Å². The van der Waals surface area contributed by atoms with Gasteiger partial charge in [-0.1, -0.05) is 12.1 Å². The molecule has 28 heavy (non-hydrogen) atoms. The van der Waals surface area contributed by atoms with Gasteiger partial charge >= 0.3 is 0 Å². The zero-order valence-corrected chi connectivity index (χ0v) is 15.2. The summed E-state index contributed by atoms with van der Waals surface area (Å²) < 4.78 is 26.6. The van der Waals surface area contributed by atoms with Crippen molar-refractivity contribution in [2.45, 2.75) is 18.8 Å². The van der Waals surface area contributed by atoms with Crippen LogP contribution in [0.1, 0.15) is 34.8 Å². The van der Waals surface area contributed by atoms with Gasteiger partial charge in [-0.15, -0.1) is 0 Å². The molecule has 0 aliphatic carbocycles. The van der Waals surface area contributed by atoms with Gasteiger partial charge < -0.3 is 4.90 Å². The normalized spacial score (nSPS) is 16.8. The van der Waals surface area contributed by atoms with Crippen molar-refractivity contribution >= 4 is 5.91 Å². The van der Waals surface area contributed by atoms with E-state index in [1.807, 2.05) is 6.07 Å². The van der Waals surface area contributed by atoms with Crippen LogP contribution in [0.2, 0.25) is 0 Å². The van der Waals surface area contributed by atoms with Crippen molar-refractivity contribution in [1.82, 2.24) is 14.9 Å². The predicted octanol–water partition coefficient (Wildman–Crippen LogP) is 4.44. The molecule has 0 saturated carbocycles. The fourth-order valence-electron chi connectivity index (χ4n) is 3.54. The molecule has 0 N–H and O–H groups in total. The maximum absolute atomic E-state index is 13.5. The highest BCUT2D eigenvalue weighted by atomic mass is 19.1. The third kappa shape index (κ3) is 3.91. The molecule has 1 atom stereocenters. The Bertz CT molecular complexity index is 991. The second-order valence-electron chi connectivity index (χ2n) is 6.91. The van der Waals surface area contributed by atoms with Crippen LogP contribution in [-0.4, -0.2) is 33.9 Å². The number of carbonyl (C=O) groups excluding carboxylic acids is 1. The zero-order chi connectivity index (χ0) is 19.5. The molecule has 6 heteroatoms. The number of piperidine rings is 1. The van der Waals surface area contributed by atoms with Crippen LogP contribution in [0.4, 0.5) is 8.78 Å². The first-order valence-corrected chi connectivity index (χ1v) is 9.24. The van der Waals surface area contributed by atoms with Crippen LogP contribution >= 0.6 is 0 Å². The van der Waals surface area contributed by atoms with Crippen molar-refractivity contribution in [1.29, 1.82) is 0 Å². The van der Waals surface area contributed by atoms with E-state index in [0.717, 1.165) is 18.5 Å². The van der Waals surface area contributed by atoms with Crippen molar-refractivity contribution in [3.05, 3.63) is 83.7 Å². The summed E-state index contributed by atoms with van der Waals surface area (Å²) in [5, 5.41) is 0. The summed E-state index contributed by atoms with van der Waals surface area (Å²) >= 11 is 0. The summed E-state index contributed by atoms with van der Waals surface area (Å²) in [5.41, 5.74) is 1.94. The molecule has 3 aromatic rings. The zero-order valence-electron chi connectivity index (χ0n) is 15.2. The fourth-order valence-corrected chi connectivity index (χ4v) is 3.54. The van der Waals surface area contributed by atoms with Crippen LogP contribution < -0.4 is 0 Å². The van der Waals surface area contributed by atoms with Gasteiger partial charge in [0.2, 0.25) is 0 Å². The molecule has 1 fully saturated rings. The number of benzene rings is 2. The Kier molecular flexibility index (Phi) is 5.10. The van der Waals surface area contributed by atoms with Crippen LogP contribution in [0.5, 0.6) is 0 Å². The molecule has 0 bridgehead atoms. The number of likely N-dealkylation sites (tertiary alicyclic amines) is 1. The first-order chi connectivity index (χ1) is 13.6. The first-order valence-electron chi connectivity index (χ1n) is 9.24. The van der Waals surface area contributed by atoms with E-state index >= 15 is 0 Å². The van der Waals surface area contributed by atoms with E-state index in [1.54, 1.807) is 23.2 Å². The number of aromatic nitrogens is 2. The van der Waals surface area contributed by atoms with Gasteiger partial charge in [0.25, 0.3) is 5.91 Å². The van der Waals surface area contributed by atoms with Crippen molar-refractivity contribution in [2.24, 2.45) is 0 Å². The van der Waals surface area contributed by atoms with E-state index in [9.17, 15) is 13.6 Å². The first kappa shape index (κ1) is 18.2. The number of hydrogen-bond donors (Lipinski definition) is 0. The predicted molar refractivity (Wildman–Crippen MR) is 102 cm³/mol. The number of nitrogens with zero attached hydrogens (tertiary/aromatic N) is 3. The fraction of sp³-hybridized carbons (Fsp3) is 0.227. The topological polar surface area (TPSA) is 46.1 Å². The minimum absolute atomic E-state index is 0.0773. The second-order valence-corrected chi connectivity index (χ2v) is 6.91. The molecule has 2 aromatic carbocycles. The Morgan fingerprint density at radius 3 is 2.64 bits per heavy atom. The van der Waals surface area contributed by atoms with Crippen LogP contribution in [0, 0.1) is 11.6 Å². The molecule has 1 aliphatic rings. The Balaban J connectivity index is 1.54.